The third kappa shape index (κ3) is 2.39. The van der Waals surface area contributed by atoms with Crippen LogP contribution in [-0.2, 0) is 23.1 Å². The van der Waals surface area contributed by atoms with Crippen LogP contribution in [0.5, 0.6) is 0 Å². The molecule has 1 unspecified atom stereocenters. The molecule has 2 heterocycles. The van der Waals surface area contributed by atoms with Gasteiger partial charge in [0.25, 0.3) is 0 Å². The second kappa shape index (κ2) is 5.24. The molecule has 0 aliphatic carbocycles. The summed E-state index contributed by atoms with van der Waals surface area (Å²) in [4.78, 5) is 25.1. The first-order valence-electron chi connectivity index (χ1n) is 7.13. The molecule has 21 heavy (non-hydrogen) atoms. The molecule has 1 aromatic heterocycles. The normalized spacial score (nSPS) is 18.3. The van der Waals surface area contributed by atoms with E-state index in [0.717, 1.165) is 22.9 Å². The molecule has 1 atom stereocenters. The fraction of sp³-hybridized carbons (Fsp3) is 0.375. The number of nitrogens with zero attached hydrogens (tertiary/aromatic N) is 2. The summed E-state index contributed by atoms with van der Waals surface area (Å²) in [5.41, 5.74) is 2.03. The van der Waals surface area contributed by atoms with Crippen LogP contribution in [-0.4, -0.2) is 39.0 Å². The number of carbonyl (C=O) groups is 2. The number of aliphatic carboxylic acids is 1. The highest BCUT2D eigenvalue weighted by molar-refractivity contribution is 5.91. The molecule has 3 rings (SSSR count). The van der Waals surface area contributed by atoms with Crippen LogP contribution in [0, 0.1) is 0 Å². The van der Waals surface area contributed by atoms with Crippen LogP contribution in [0.25, 0.3) is 10.9 Å². The Bertz CT molecular complexity index is 705. The van der Waals surface area contributed by atoms with Crippen LogP contribution >= 0.6 is 0 Å². The van der Waals surface area contributed by atoms with Gasteiger partial charge in [-0.3, -0.25) is 4.79 Å². The van der Waals surface area contributed by atoms with E-state index in [4.69, 9.17) is 0 Å². The number of hydrogen-bond donors (Lipinski definition) is 1. The molecule has 5 nitrogen and oxygen atoms in total. The Morgan fingerprint density at radius 3 is 2.86 bits per heavy atom. The van der Waals surface area contributed by atoms with Gasteiger partial charge < -0.3 is 14.6 Å². The zero-order valence-corrected chi connectivity index (χ0v) is 12.0. The molecule has 0 saturated carbocycles. The number of benzene rings is 1. The molecule has 5 heteroatoms. The van der Waals surface area contributed by atoms with E-state index in [0.29, 0.717) is 13.0 Å². The van der Waals surface area contributed by atoms with E-state index >= 15 is 0 Å². The van der Waals surface area contributed by atoms with Crippen LogP contribution in [0.15, 0.2) is 30.5 Å². The molecule has 1 saturated heterocycles. The van der Waals surface area contributed by atoms with Crippen LogP contribution in [0.3, 0.4) is 0 Å². The van der Waals surface area contributed by atoms with Crippen LogP contribution in [0.4, 0.5) is 0 Å². The van der Waals surface area contributed by atoms with Crippen molar-refractivity contribution in [2.24, 2.45) is 7.05 Å². The van der Waals surface area contributed by atoms with Gasteiger partial charge in [-0.2, -0.15) is 0 Å². The second-order valence-electron chi connectivity index (χ2n) is 5.54. The number of rotatable bonds is 3. The minimum Gasteiger partial charge on any atom is -0.480 e. The van der Waals surface area contributed by atoms with Crippen molar-refractivity contribution in [1.29, 1.82) is 0 Å². The third-order valence-electron chi connectivity index (χ3n) is 4.18. The van der Waals surface area contributed by atoms with Gasteiger partial charge in [0.05, 0.1) is 6.42 Å². The Hall–Kier alpha value is -2.30. The van der Waals surface area contributed by atoms with E-state index in [9.17, 15) is 14.7 Å². The van der Waals surface area contributed by atoms with Crippen molar-refractivity contribution in [3.8, 4) is 0 Å². The number of carbonyl (C=O) groups excluding carboxylic acids is 1. The lowest BCUT2D eigenvalue weighted by molar-refractivity contribution is -0.147. The summed E-state index contributed by atoms with van der Waals surface area (Å²) in [6.45, 7) is 0.542. The molecule has 0 bridgehead atoms. The average Bonchev–Trinajstić information content (AvgIpc) is 3.06. The predicted octanol–water partition coefficient (Wildman–Crippen LogP) is 1.80. The summed E-state index contributed by atoms with van der Waals surface area (Å²) in [6, 6.07) is 7.27. The maximum absolute atomic E-state index is 12.4. The molecule has 1 aliphatic heterocycles. The number of fused-ring (bicyclic) bond motifs is 1. The monoisotopic (exact) mass is 286 g/mol. The van der Waals surface area contributed by atoms with Crippen molar-refractivity contribution in [2.45, 2.75) is 25.3 Å². The topological polar surface area (TPSA) is 62.5 Å². The van der Waals surface area contributed by atoms with Gasteiger partial charge in [-0.05, 0) is 24.5 Å². The summed E-state index contributed by atoms with van der Waals surface area (Å²) in [6.07, 6.45) is 3.52. The van der Waals surface area contributed by atoms with Crippen molar-refractivity contribution in [2.75, 3.05) is 6.54 Å². The molecular weight excluding hydrogens is 268 g/mol. The smallest absolute Gasteiger partial charge is 0.326 e. The Kier molecular flexibility index (Phi) is 3.41. The van der Waals surface area contributed by atoms with Gasteiger partial charge in [0, 0.05) is 30.7 Å². The van der Waals surface area contributed by atoms with Crippen molar-refractivity contribution in [3.63, 3.8) is 0 Å². The zero-order valence-electron chi connectivity index (χ0n) is 12.0. The second-order valence-corrected chi connectivity index (χ2v) is 5.54. The summed E-state index contributed by atoms with van der Waals surface area (Å²) >= 11 is 0. The molecule has 1 aliphatic rings. The SMILES string of the molecule is Cn1cc(CC(=O)N2CCCC2C(=O)O)c2ccccc21. The number of amides is 1. The van der Waals surface area contributed by atoms with E-state index in [1.54, 1.807) is 0 Å². The molecule has 0 spiro atoms. The van der Waals surface area contributed by atoms with Gasteiger partial charge in [0.1, 0.15) is 6.04 Å². The first-order chi connectivity index (χ1) is 10.1. The van der Waals surface area contributed by atoms with E-state index in [2.05, 4.69) is 0 Å². The highest BCUT2D eigenvalue weighted by Gasteiger charge is 2.33. The maximum Gasteiger partial charge on any atom is 0.326 e. The van der Waals surface area contributed by atoms with Crippen molar-refractivity contribution in [1.82, 2.24) is 9.47 Å². The summed E-state index contributed by atoms with van der Waals surface area (Å²) in [7, 11) is 1.95. The largest absolute Gasteiger partial charge is 0.480 e. The number of aryl methyl sites for hydroxylation is 1. The highest BCUT2D eigenvalue weighted by atomic mass is 16.4. The minimum absolute atomic E-state index is 0.101. The standard InChI is InChI=1S/C16H18N2O3/c1-17-10-11(12-5-2-3-6-13(12)17)9-15(19)18-8-4-7-14(18)16(20)21/h2-3,5-6,10,14H,4,7-9H2,1H3,(H,20,21). The van der Waals surface area contributed by atoms with E-state index < -0.39 is 12.0 Å². The molecular formula is C16H18N2O3. The van der Waals surface area contributed by atoms with Gasteiger partial charge in [0.2, 0.25) is 5.91 Å². The number of para-hydroxylation sites is 1. The predicted molar refractivity (Wildman–Crippen MR) is 79.0 cm³/mol. The van der Waals surface area contributed by atoms with Gasteiger partial charge in [0.15, 0.2) is 0 Å². The van der Waals surface area contributed by atoms with E-state index in [1.807, 2.05) is 42.1 Å². The molecule has 110 valence electrons. The first-order valence-corrected chi connectivity index (χ1v) is 7.13. The Morgan fingerprint density at radius 1 is 1.33 bits per heavy atom. The molecule has 1 aromatic carbocycles. The van der Waals surface area contributed by atoms with E-state index in [-0.39, 0.29) is 12.3 Å². The lowest BCUT2D eigenvalue weighted by Gasteiger charge is -2.21. The number of carboxylic acid groups (broad SMARTS) is 1. The Morgan fingerprint density at radius 2 is 2.10 bits per heavy atom. The quantitative estimate of drug-likeness (QED) is 0.935. The lowest BCUT2D eigenvalue weighted by atomic mass is 10.1. The van der Waals surface area contributed by atoms with E-state index in [1.165, 1.54) is 4.90 Å². The number of hydrogen-bond acceptors (Lipinski definition) is 2. The Balaban J connectivity index is 1.85. The van der Waals surface area contributed by atoms with Gasteiger partial charge >= 0.3 is 5.97 Å². The summed E-state index contributed by atoms with van der Waals surface area (Å²) < 4.78 is 2.00. The molecule has 1 N–H and O–H groups in total. The molecule has 0 radical (unpaired) electrons. The highest BCUT2D eigenvalue weighted by Crippen LogP contribution is 2.23. The van der Waals surface area contributed by atoms with Crippen molar-refractivity contribution < 1.29 is 14.7 Å². The van der Waals surface area contributed by atoms with Crippen LogP contribution in [0.1, 0.15) is 18.4 Å². The third-order valence-corrected chi connectivity index (χ3v) is 4.18. The maximum atomic E-state index is 12.4. The lowest BCUT2D eigenvalue weighted by Crippen LogP contribution is -2.41. The zero-order chi connectivity index (χ0) is 15.0. The number of aromatic nitrogens is 1. The van der Waals surface area contributed by atoms with Gasteiger partial charge in [-0.15, -0.1) is 0 Å². The Labute approximate surface area is 122 Å². The fourth-order valence-corrected chi connectivity index (χ4v) is 3.15. The van der Waals surface area contributed by atoms with Crippen LogP contribution in [0.2, 0.25) is 0 Å². The minimum atomic E-state index is -0.904. The summed E-state index contributed by atoms with van der Waals surface area (Å²) in [5.74, 6) is -1.00. The summed E-state index contributed by atoms with van der Waals surface area (Å²) in [5, 5.41) is 10.2. The van der Waals surface area contributed by atoms with Gasteiger partial charge in [-0.1, -0.05) is 18.2 Å². The van der Waals surface area contributed by atoms with Crippen LogP contribution < -0.4 is 0 Å². The molecule has 2 aromatic rings. The fourth-order valence-electron chi connectivity index (χ4n) is 3.15. The molecule has 1 fully saturated rings. The average molecular weight is 286 g/mol. The molecule has 1 amide bonds. The van der Waals surface area contributed by atoms with Crippen molar-refractivity contribution >= 4 is 22.8 Å². The number of carboxylic acids is 1. The van der Waals surface area contributed by atoms with Gasteiger partial charge in [-0.25, -0.2) is 4.79 Å². The van der Waals surface area contributed by atoms with Crippen molar-refractivity contribution in [3.05, 3.63) is 36.0 Å². The number of likely N-dealkylation sites (tertiary alicyclic amines) is 1. The first kappa shape index (κ1) is 13.7.